The summed E-state index contributed by atoms with van der Waals surface area (Å²) in [5.41, 5.74) is 0.414. The SMILES string of the molecule is COc1cc(OC)c(NC(=O)C2CCCN(S(=O)(=O)c3ccc(C)s3)C2)cc1Cl. The van der Waals surface area contributed by atoms with Gasteiger partial charge < -0.3 is 14.8 Å². The number of nitrogens with one attached hydrogen (secondary N) is 1. The minimum Gasteiger partial charge on any atom is -0.495 e. The van der Waals surface area contributed by atoms with Crippen molar-refractivity contribution in [2.24, 2.45) is 5.92 Å². The lowest BCUT2D eigenvalue weighted by atomic mass is 9.98. The first-order valence-electron chi connectivity index (χ1n) is 9.05. The number of methoxy groups -OCH3 is 2. The predicted molar refractivity (Wildman–Crippen MR) is 114 cm³/mol. The molecule has 1 aliphatic heterocycles. The van der Waals surface area contributed by atoms with Crippen LogP contribution in [0.3, 0.4) is 0 Å². The molecule has 1 aliphatic rings. The van der Waals surface area contributed by atoms with E-state index in [1.165, 1.54) is 29.9 Å². The van der Waals surface area contributed by atoms with Crippen molar-refractivity contribution in [3.8, 4) is 11.5 Å². The van der Waals surface area contributed by atoms with Crippen molar-refractivity contribution in [2.75, 3.05) is 32.6 Å². The molecule has 1 atom stereocenters. The van der Waals surface area contributed by atoms with E-state index in [1.54, 1.807) is 24.3 Å². The Bertz CT molecular complexity index is 1010. The zero-order chi connectivity index (χ0) is 21.2. The summed E-state index contributed by atoms with van der Waals surface area (Å²) in [5, 5.41) is 3.15. The van der Waals surface area contributed by atoms with Crippen molar-refractivity contribution in [3.63, 3.8) is 0 Å². The summed E-state index contributed by atoms with van der Waals surface area (Å²) in [6.07, 6.45) is 1.22. The molecule has 0 radical (unpaired) electrons. The Morgan fingerprint density at radius 1 is 1.24 bits per heavy atom. The van der Waals surface area contributed by atoms with Crippen LogP contribution in [0.2, 0.25) is 5.02 Å². The molecule has 1 fully saturated rings. The summed E-state index contributed by atoms with van der Waals surface area (Å²) < 4.78 is 38.0. The number of benzene rings is 1. The van der Waals surface area contributed by atoms with Gasteiger partial charge >= 0.3 is 0 Å². The summed E-state index contributed by atoms with van der Waals surface area (Å²) in [7, 11) is -0.626. The number of carbonyl (C=O) groups excluding carboxylic acids is 1. The number of nitrogens with zero attached hydrogens (tertiary/aromatic N) is 1. The maximum atomic E-state index is 12.9. The van der Waals surface area contributed by atoms with Crippen molar-refractivity contribution < 1.29 is 22.7 Å². The largest absolute Gasteiger partial charge is 0.495 e. The Balaban J connectivity index is 1.76. The summed E-state index contributed by atoms with van der Waals surface area (Å²) in [6.45, 7) is 2.40. The molecule has 10 heteroatoms. The third-order valence-electron chi connectivity index (χ3n) is 4.80. The van der Waals surface area contributed by atoms with E-state index in [4.69, 9.17) is 21.1 Å². The molecule has 1 aromatic carbocycles. The quantitative estimate of drug-likeness (QED) is 0.712. The molecule has 1 saturated heterocycles. The predicted octanol–water partition coefficient (Wildman–Crippen LogP) is 3.77. The van der Waals surface area contributed by atoms with Crippen LogP contribution in [0.15, 0.2) is 28.5 Å². The number of rotatable bonds is 6. The summed E-state index contributed by atoms with van der Waals surface area (Å²) in [4.78, 5) is 13.8. The second-order valence-electron chi connectivity index (χ2n) is 6.74. The van der Waals surface area contributed by atoms with Gasteiger partial charge in [-0.15, -0.1) is 11.3 Å². The lowest BCUT2D eigenvalue weighted by Crippen LogP contribution is -2.43. The number of amides is 1. The van der Waals surface area contributed by atoms with Crippen LogP contribution < -0.4 is 14.8 Å². The number of carbonyl (C=O) groups is 1. The van der Waals surface area contributed by atoms with Gasteiger partial charge in [0.25, 0.3) is 10.0 Å². The average molecular weight is 459 g/mol. The minimum absolute atomic E-state index is 0.136. The van der Waals surface area contributed by atoms with E-state index in [0.717, 1.165) is 4.88 Å². The zero-order valence-electron chi connectivity index (χ0n) is 16.4. The Morgan fingerprint density at radius 3 is 2.59 bits per heavy atom. The fraction of sp³-hybridized carbons (Fsp3) is 0.421. The minimum atomic E-state index is -3.60. The lowest BCUT2D eigenvalue weighted by Gasteiger charge is -2.31. The Kier molecular flexibility index (Phi) is 6.72. The van der Waals surface area contributed by atoms with Crippen molar-refractivity contribution >= 4 is 44.6 Å². The second kappa shape index (κ2) is 8.91. The number of hydrogen-bond donors (Lipinski definition) is 1. The monoisotopic (exact) mass is 458 g/mol. The molecule has 158 valence electrons. The Hall–Kier alpha value is -1.81. The third-order valence-corrected chi connectivity index (χ3v) is 8.43. The zero-order valence-corrected chi connectivity index (χ0v) is 18.8. The summed E-state index contributed by atoms with van der Waals surface area (Å²) >= 11 is 7.40. The van der Waals surface area contributed by atoms with Gasteiger partial charge in [0, 0.05) is 24.0 Å². The number of ether oxygens (including phenoxy) is 2. The molecular formula is C19H23ClN2O5S2. The maximum absolute atomic E-state index is 12.9. The van der Waals surface area contributed by atoms with E-state index >= 15 is 0 Å². The van der Waals surface area contributed by atoms with Crippen molar-refractivity contribution in [3.05, 3.63) is 34.2 Å². The molecule has 0 aliphatic carbocycles. The molecule has 1 N–H and O–H groups in total. The van der Waals surface area contributed by atoms with E-state index < -0.39 is 15.9 Å². The number of piperidine rings is 1. The van der Waals surface area contributed by atoms with Gasteiger partial charge in [-0.05, 0) is 38.0 Å². The van der Waals surface area contributed by atoms with Gasteiger partial charge in [0.05, 0.1) is 30.8 Å². The van der Waals surface area contributed by atoms with E-state index in [2.05, 4.69) is 5.32 Å². The van der Waals surface area contributed by atoms with E-state index in [-0.39, 0.29) is 12.5 Å². The second-order valence-corrected chi connectivity index (χ2v) is 10.6. The normalized spacial score (nSPS) is 17.7. The standard InChI is InChI=1S/C19H23ClN2O5S2/c1-12-6-7-18(28-12)29(24,25)22-8-4-5-13(11-22)19(23)21-15-9-14(20)16(26-2)10-17(15)27-3/h6-7,9-10,13H,4-5,8,11H2,1-3H3,(H,21,23). The van der Waals surface area contributed by atoms with Gasteiger partial charge in [-0.1, -0.05) is 11.6 Å². The molecule has 1 amide bonds. The van der Waals surface area contributed by atoms with Gasteiger partial charge in [0.15, 0.2) is 0 Å². The summed E-state index contributed by atoms with van der Waals surface area (Å²) in [5.74, 6) is 0.105. The molecular weight excluding hydrogens is 436 g/mol. The number of hydrogen-bond acceptors (Lipinski definition) is 6. The number of thiophene rings is 1. The van der Waals surface area contributed by atoms with Crippen LogP contribution in [0.5, 0.6) is 11.5 Å². The van der Waals surface area contributed by atoms with Gasteiger partial charge in [0.2, 0.25) is 5.91 Å². The van der Waals surface area contributed by atoms with Crippen LogP contribution in [-0.2, 0) is 14.8 Å². The van der Waals surface area contributed by atoms with Gasteiger partial charge in [-0.25, -0.2) is 8.42 Å². The molecule has 7 nitrogen and oxygen atoms in total. The van der Waals surface area contributed by atoms with Crippen molar-refractivity contribution in [2.45, 2.75) is 24.0 Å². The average Bonchev–Trinajstić information content (AvgIpc) is 3.15. The number of aryl methyl sites for hydroxylation is 1. The molecule has 0 saturated carbocycles. The van der Waals surface area contributed by atoms with Crippen LogP contribution in [0.1, 0.15) is 17.7 Å². The summed E-state index contributed by atoms with van der Waals surface area (Å²) in [6, 6.07) is 6.55. The smallest absolute Gasteiger partial charge is 0.252 e. The van der Waals surface area contributed by atoms with Crippen LogP contribution >= 0.6 is 22.9 Å². The Morgan fingerprint density at radius 2 is 1.97 bits per heavy atom. The number of sulfonamides is 1. The van der Waals surface area contributed by atoms with Crippen molar-refractivity contribution in [1.82, 2.24) is 4.31 Å². The first-order chi connectivity index (χ1) is 13.8. The molecule has 3 rings (SSSR count). The topological polar surface area (TPSA) is 84.9 Å². The molecule has 1 aromatic heterocycles. The molecule has 29 heavy (non-hydrogen) atoms. The molecule has 2 aromatic rings. The van der Waals surface area contributed by atoms with E-state index in [9.17, 15) is 13.2 Å². The first kappa shape index (κ1) is 21.9. The van der Waals surface area contributed by atoms with Crippen LogP contribution in [0.4, 0.5) is 5.69 Å². The fourth-order valence-electron chi connectivity index (χ4n) is 3.25. The lowest BCUT2D eigenvalue weighted by molar-refractivity contribution is -0.120. The highest BCUT2D eigenvalue weighted by atomic mass is 35.5. The highest BCUT2D eigenvalue weighted by Gasteiger charge is 2.34. The van der Waals surface area contributed by atoms with Gasteiger partial charge in [-0.3, -0.25) is 4.79 Å². The maximum Gasteiger partial charge on any atom is 0.252 e. The fourth-order valence-corrected chi connectivity index (χ4v) is 6.45. The number of anilines is 1. The highest BCUT2D eigenvalue weighted by Crippen LogP contribution is 2.36. The number of halogens is 1. The first-order valence-corrected chi connectivity index (χ1v) is 11.7. The van der Waals surface area contributed by atoms with Crippen molar-refractivity contribution in [1.29, 1.82) is 0 Å². The molecule has 1 unspecified atom stereocenters. The third kappa shape index (κ3) is 4.69. The van der Waals surface area contributed by atoms with Gasteiger partial charge in [-0.2, -0.15) is 4.31 Å². The van der Waals surface area contributed by atoms with E-state index in [0.29, 0.717) is 45.8 Å². The molecule has 0 bridgehead atoms. The highest BCUT2D eigenvalue weighted by molar-refractivity contribution is 7.91. The van der Waals surface area contributed by atoms with Gasteiger partial charge in [0.1, 0.15) is 15.7 Å². The van der Waals surface area contributed by atoms with Crippen LogP contribution in [-0.4, -0.2) is 45.9 Å². The van der Waals surface area contributed by atoms with Crippen LogP contribution in [0, 0.1) is 12.8 Å². The van der Waals surface area contributed by atoms with E-state index in [1.807, 2.05) is 6.92 Å². The van der Waals surface area contributed by atoms with Crippen LogP contribution in [0.25, 0.3) is 0 Å². The molecule has 0 spiro atoms. The Labute approximate surface area is 179 Å². The molecule has 2 heterocycles.